The summed E-state index contributed by atoms with van der Waals surface area (Å²) in [6, 6.07) is -0.648. The predicted molar refractivity (Wildman–Crippen MR) is 255 cm³/mol. The van der Waals surface area contributed by atoms with Crippen molar-refractivity contribution in [1.82, 2.24) is 5.32 Å². The molecule has 2 atom stereocenters. The number of hydrogen-bond donors (Lipinski definition) is 3. The molecule has 59 heavy (non-hydrogen) atoms. The van der Waals surface area contributed by atoms with E-state index in [0.717, 1.165) is 83.5 Å². The number of amides is 1. The van der Waals surface area contributed by atoms with Crippen molar-refractivity contribution in [2.24, 2.45) is 0 Å². The standard InChI is InChI=1S/C53H99NO5/c1-3-5-7-9-11-13-15-17-18-19-20-21-22-23-27-31-35-39-43-47-53(58)59-48-44-40-36-32-28-24-26-30-34-38-42-46-52(57)54-50(49-55)51(56)45-41-37-33-29-25-16-14-12-10-8-6-4-2/h17-18,28,32,41,45,50-51,55-56H,3-16,19-27,29-31,33-40,42-44,46-49H2,1-2H3,(H,54,57)/b18-17-,32-28-,45-41+. The summed E-state index contributed by atoms with van der Waals surface area (Å²) in [5, 5.41) is 23.0. The zero-order valence-corrected chi connectivity index (χ0v) is 39.2. The summed E-state index contributed by atoms with van der Waals surface area (Å²) in [4.78, 5) is 24.4. The van der Waals surface area contributed by atoms with Gasteiger partial charge in [0.25, 0.3) is 0 Å². The number of rotatable bonds is 47. The Morgan fingerprint density at radius 2 is 0.797 bits per heavy atom. The van der Waals surface area contributed by atoms with Crippen LogP contribution in [-0.4, -0.2) is 47.4 Å². The Morgan fingerprint density at radius 3 is 1.20 bits per heavy atom. The van der Waals surface area contributed by atoms with E-state index in [9.17, 15) is 19.8 Å². The summed E-state index contributed by atoms with van der Waals surface area (Å²) >= 11 is 0. The van der Waals surface area contributed by atoms with E-state index < -0.39 is 12.1 Å². The third-order valence-electron chi connectivity index (χ3n) is 11.6. The molecule has 0 rings (SSSR count). The van der Waals surface area contributed by atoms with Gasteiger partial charge in [0.15, 0.2) is 0 Å². The third-order valence-corrected chi connectivity index (χ3v) is 11.6. The maximum absolute atomic E-state index is 12.4. The van der Waals surface area contributed by atoms with Crippen molar-refractivity contribution in [3.05, 3.63) is 36.5 Å². The van der Waals surface area contributed by atoms with E-state index in [1.54, 1.807) is 6.08 Å². The van der Waals surface area contributed by atoms with Gasteiger partial charge in [0, 0.05) is 12.8 Å². The van der Waals surface area contributed by atoms with Crippen molar-refractivity contribution in [2.45, 2.75) is 276 Å². The summed E-state index contributed by atoms with van der Waals surface area (Å²) in [5.74, 6) is -0.133. The molecule has 0 aromatic heterocycles. The maximum Gasteiger partial charge on any atom is 0.305 e. The van der Waals surface area contributed by atoms with Crippen LogP contribution in [0.2, 0.25) is 0 Å². The maximum atomic E-state index is 12.4. The fraction of sp³-hybridized carbons (Fsp3) is 0.849. The first-order chi connectivity index (χ1) is 29.0. The van der Waals surface area contributed by atoms with Crippen LogP contribution in [0.5, 0.6) is 0 Å². The van der Waals surface area contributed by atoms with Gasteiger partial charge in [0.1, 0.15) is 0 Å². The highest BCUT2D eigenvalue weighted by molar-refractivity contribution is 5.76. The van der Waals surface area contributed by atoms with E-state index in [2.05, 4.69) is 43.5 Å². The number of aliphatic hydroxyl groups excluding tert-OH is 2. The van der Waals surface area contributed by atoms with Crippen LogP contribution in [-0.2, 0) is 14.3 Å². The van der Waals surface area contributed by atoms with Gasteiger partial charge in [-0.1, -0.05) is 204 Å². The van der Waals surface area contributed by atoms with Crippen LogP contribution in [0.1, 0.15) is 264 Å². The Hall–Kier alpha value is -1.92. The first kappa shape index (κ1) is 57.1. The molecule has 346 valence electrons. The first-order valence-corrected chi connectivity index (χ1v) is 25.8. The summed E-state index contributed by atoms with van der Waals surface area (Å²) < 4.78 is 5.44. The molecule has 1 amide bonds. The molecular weight excluding hydrogens is 731 g/mol. The molecule has 6 heteroatoms. The highest BCUT2D eigenvalue weighted by Gasteiger charge is 2.18. The minimum atomic E-state index is -0.861. The van der Waals surface area contributed by atoms with Crippen LogP contribution in [0, 0.1) is 0 Å². The second kappa shape index (κ2) is 48.7. The number of unbranched alkanes of at least 4 members (excludes halogenated alkanes) is 32. The molecular formula is C53H99NO5. The van der Waals surface area contributed by atoms with Gasteiger partial charge >= 0.3 is 5.97 Å². The van der Waals surface area contributed by atoms with E-state index >= 15 is 0 Å². The molecule has 3 N–H and O–H groups in total. The van der Waals surface area contributed by atoms with Crippen LogP contribution in [0.25, 0.3) is 0 Å². The second-order valence-corrected chi connectivity index (χ2v) is 17.5. The third kappa shape index (κ3) is 45.4. The molecule has 2 unspecified atom stereocenters. The van der Waals surface area contributed by atoms with Crippen LogP contribution in [0.15, 0.2) is 36.5 Å². The number of esters is 1. The first-order valence-electron chi connectivity index (χ1n) is 25.8. The summed E-state index contributed by atoms with van der Waals surface area (Å²) in [6.45, 7) is 4.80. The SMILES string of the molecule is CCCCCCCC/C=C\CCCCCCCCCCCC(=O)OCCCC/C=C\CCCCCCCC(=O)NC(CO)C(O)/C=C/CCCCCCCCCCCC. The van der Waals surface area contributed by atoms with Gasteiger partial charge in [-0.15, -0.1) is 0 Å². The topological polar surface area (TPSA) is 95.9 Å². The Bertz CT molecular complexity index is 962. The molecule has 0 saturated heterocycles. The van der Waals surface area contributed by atoms with Crippen molar-refractivity contribution in [1.29, 1.82) is 0 Å². The molecule has 0 bridgehead atoms. The van der Waals surface area contributed by atoms with Gasteiger partial charge in [-0.25, -0.2) is 0 Å². The fourth-order valence-corrected chi connectivity index (χ4v) is 7.62. The number of hydrogen-bond acceptors (Lipinski definition) is 5. The lowest BCUT2D eigenvalue weighted by Crippen LogP contribution is -2.45. The fourth-order valence-electron chi connectivity index (χ4n) is 7.62. The average molecular weight is 830 g/mol. The van der Waals surface area contributed by atoms with E-state index in [4.69, 9.17) is 4.74 Å². The second-order valence-electron chi connectivity index (χ2n) is 17.5. The smallest absolute Gasteiger partial charge is 0.305 e. The van der Waals surface area contributed by atoms with Crippen molar-refractivity contribution in [3.8, 4) is 0 Å². The van der Waals surface area contributed by atoms with Crippen LogP contribution in [0.3, 0.4) is 0 Å². The number of allylic oxidation sites excluding steroid dienone is 5. The monoisotopic (exact) mass is 830 g/mol. The molecule has 0 aliphatic carbocycles. The van der Waals surface area contributed by atoms with E-state index in [-0.39, 0.29) is 18.5 Å². The molecule has 0 spiro atoms. The van der Waals surface area contributed by atoms with Gasteiger partial charge in [-0.3, -0.25) is 9.59 Å². The number of carbonyl (C=O) groups is 2. The number of carbonyl (C=O) groups excluding carboxylic acids is 2. The van der Waals surface area contributed by atoms with Crippen molar-refractivity contribution >= 4 is 11.9 Å². The van der Waals surface area contributed by atoms with Gasteiger partial charge in [-0.2, -0.15) is 0 Å². The molecule has 0 radical (unpaired) electrons. The number of nitrogens with one attached hydrogen (secondary N) is 1. The van der Waals surface area contributed by atoms with Crippen molar-refractivity contribution in [3.63, 3.8) is 0 Å². The highest BCUT2D eigenvalue weighted by atomic mass is 16.5. The normalized spacial score (nSPS) is 12.9. The Balaban J connectivity index is 3.52. The lowest BCUT2D eigenvalue weighted by molar-refractivity contribution is -0.143. The number of aliphatic hydroxyl groups is 2. The predicted octanol–water partition coefficient (Wildman–Crippen LogP) is 15.3. The highest BCUT2D eigenvalue weighted by Crippen LogP contribution is 2.15. The largest absolute Gasteiger partial charge is 0.466 e. The minimum Gasteiger partial charge on any atom is -0.466 e. The number of ether oxygens (including phenoxy) is 1. The molecule has 0 aliphatic rings. The van der Waals surface area contributed by atoms with Gasteiger partial charge in [0.05, 0.1) is 25.4 Å². The Morgan fingerprint density at radius 1 is 0.458 bits per heavy atom. The van der Waals surface area contributed by atoms with E-state index in [0.29, 0.717) is 19.4 Å². The summed E-state index contributed by atoms with van der Waals surface area (Å²) in [6.07, 6.45) is 58.6. The van der Waals surface area contributed by atoms with Crippen molar-refractivity contribution < 1.29 is 24.5 Å². The van der Waals surface area contributed by atoms with Gasteiger partial charge < -0.3 is 20.3 Å². The van der Waals surface area contributed by atoms with Crippen LogP contribution in [0.4, 0.5) is 0 Å². The van der Waals surface area contributed by atoms with Gasteiger partial charge in [-0.05, 0) is 83.5 Å². The van der Waals surface area contributed by atoms with E-state index in [1.807, 2.05) is 6.08 Å². The van der Waals surface area contributed by atoms with Crippen molar-refractivity contribution in [2.75, 3.05) is 13.2 Å². The molecule has 0 heterocycles. The molecule has 0 saturated carbocycles. The average Bonchev–Trinajstić information content (AvgIpc) is 3.24. The zero-order valence-electron chi connectivity index (χ0n) is 39.2. The quantitative estimate of drug-likeness (QED) is 0.0323. The summed E-state index contributed by atoms with van der Waals surface area (Å²) in [5.41, 5.74) is 0. The van der Waals surface area contributed by atoms with Gasteiger partial charge in [0.2, 0.25) is 5.91 Å². The van der Waals surface area contributed by atoms with E-state index in [1.165, 1.54) is 154 Å². The lowest BCUT2D eigenvalue weighted by atomic mass is 10.1. The molecule has 6 nitrogen and oxygen atoms in total. The van der Waals surface area contributed by atoms with Crippen LogP contribution < -0.4 is 5.32 Å². The Labute approximate surface area is 366 Å². The Kier molecular flexibility index (Phi) is 47.2. The molecule has 0 aromatic rings. The van der Waals surface area contributed by atoms with Crippen LogP contribution >= 0.6 is 0 Å². The molecule has 0 fully saturated rings. The minimum absolute atomic E-state index is 0.0343. The molecule has 0 aliphatic heterocycles. The lowest BCUT2D eigenvalue weighted by Gasteiger charge is -2.20. The zero-order chi connectivity index (χ0) is 43.0. The summed E-state index contributed by atoms with van der Waals surface area (Å²) in [7, 11) is 0. The molecule has 0 aromatic carbocycles.